The highest BCUT2D eigenvalue weighted by molar-refractivity contribution is 6.32. The van der Waals surface area contributed by atoms with E-state index in [4.69, 9.17) is 42.1 Å². The second kappa shape index (κ2) is 23.5. The molecule has 0 unspecified atom stereocenters. The number of carboxylic acids is 1. The summed E-state index contributed by atoms with van der Waals surface area (Å²) >= 11 is 13.5. The molecule has 65 heavy (non-hydrogen) atoms. The van der Waals surface area contributed by atoms with E-state index in [0.29, 0.717) is 44.2 Å². The topological polar surface area (TPSA) is 177 Å². The van der Waals surface area contributed by atoms with Crippen LogP contribution in [0.1, 0.15) is 62.1 Å². The largest absolute Gasteiger partial charge is 0.488 e. The number of aliphatic hydroxyl groups excluding tert-OH is 2. The zero-order chi connectivity index (χ0) is 46.3. The minimum atomic E-state index is -1.08. The molecule has 338 valence electrons. The Morgan fingerprint density at radius 1 is 0.662 bits per heavy atom. The number of carbonyl (C=O) groups is 1. The van der Waals surface area contributed by atoms with Crippen LogP contribution in [0.5, 0.6) is 23.0 Å². The molecule has 0 fully saturated rings. The number of ether oxygens (including phenoxy) is 4. The van der Waals surface area contributed by atoms with Gasteiger partial charge in [-0.05, 0) is 77.9 Å². The van der Waals surface area contributed by atoms with E-state index < -0.39 is 12.0 Å². The molecule has 15 heteroatoms. The summed E-state index contributed by atoms with van der Waals surface area (Å²) in [6.45, 7) is 4.46. The first-order chi connectivity index (χ1) is 31.5. The van der Waals surface area contributed by atoms with Crippen LogP contribution < -0.4 is 24.3 Å². The Hall–Kier alpha value is -6.35. The number of nitrogens with zero attached hydrogens (tertiary/aromatic N) is 4. The number of aliphatic hydroxyl groups is 2. The molecule has 6 rings (SSSR count). The van der Waals surface area contributed by atoms with Crippen LogP contribution in [0.4, 0.5) is 0 Å². The molecule has 0 aliphatic heterocycles. The Balaban J connectivity index is 1.18. The molecule has 0 saturated heterocycles. The number of aliphatic carboxylic acids is 1. The summed E-state index contributed by atoms with van der Waals surface area (Å²) in [6.07, 6.45) is 10.3. The number of benzene rings is 4. The Kier molecular flexibility index (Phi) is 17.4. The molecule has 0 aliphatic carbocycles. The quantitative estimate of drug-likeness (QED) is 0.0479. The molecule has 13 nitrogen and oxygen atoms in total. The van der Waals surface area contributed by atoms with Crippen LogP contribution in [0.3, 0.4) is 0 Å². The van der Waals surface area contributed by atoms with Crippen molar-refractivity contribution in [2.45, 2.75) is 65.9 Å². The van der Waals surface area contributed by atoms with Gasteiger partial charge >= 0.3 is 5.97 Å². The number of pyridine rings is 2. The lowest BCUT2D eigenvalue weighted by Gasteiger charge is -2.19. The fourth-order valence-electron chi connectivity index (χ4n) is 7.09. The van der Waals surface area contributed by atoms with E-state index in [0.717, 1.165) is 55.6 Å². The lowest BCUT2D eigenvalue weighted by Crippen LogP contribution is -2.37. The van der Waals surface area contributed by atoms with Gasteiger partial charge in [-0.2, -0.15) is 0 Å². The van der Waals surface area contributed by atoms with E-state index >= 15 is 0 Å². The van der Waals surface area contributed by atoms with Crippen LogP contribution in [-0.4, -0.2) is 70.4 Å². The maximum absolute atomic E-state index is 11.8. The molecule has 0 aliphatic rings. The zero-order valence-electron chi connectivity index (χ0n) is 36.6. The maximum atomic E-state index is 11.8. The Morgan fingerprint density at radius 3 is 1.60 bits per heavy atom. The first-order valence-corrected chi connectivity index (χ1v) is 21.5. The van der Waals surface area contributed by atoms with Gasteiger partial charge in [0.25, 0.3) is 0 Å². The highest BCUT2D eigenvalue weighted by Crippen LogP contribution is 2.37. The number of aliphatic imine (C=N–C) groups is 2. The van der Waals surface area contributed by atoms with Crippen LogP contribution in [-0.2, 0) is 44.4 Å². The summed E-state index contributed by atoms with van der Waals surface area (Å²) in [6, 6.07) is 21.7. The maximum Gasteiger partial charge on any atom is 0.320 e. The van der Waals surface area contributed by atoms with E-state index in [1.165, 1.54) is 0 Å². The average molecular weight is 921 g/mol. The Morgan fingerprint density at radius 2 is 1.14 bits per heavy atom. The molecule has 6 aromatic rings. The van der Waals surface area contributed by atoms with E-state index in [2.05, 4.69) is 44.3 Å². The number of halogens is 2. The number of hydrogen-bond donors (Lipinski definition) is 4. The van der Waals surface area contributed by atoms with Gasteiger partial charge in [0.05, 0.1) is 16.7 Å². The van der Waals surface area contributed by atoms with Crippen molar-refractivity contribution in [2.24, 2.45) is 9.98 Å². The molecule has 2 aromatic heterocycles. The monoisotopic (exact) mass is 919 g/mol. The molecular formula is C50H51Cl2N5O8. The summed E-state index contributed by atoms with van der Waals surface area (Å²) in [5.41, 5.74) is 10.4. The molecule has 1 atom stereocenters. The summed E-state index contributed by atoms with van der Waals surface area (Å²) in [7, 11) is 3.38. The molecule has 0 amide bonds. The highest BCUT2D eigenvalue weighted by Gasteiger charge is 2.20. The molecular weight excluding hydrogens is 869 g/mol. The van der Waals surface area contributed by atoms with E-state index in [9.17, 15) is 20.1 Å². The second-order valence-electron chi connectivity index (χ2n) is 15.1. The average Bonchev–Trinajstić information content (AvgIpc) is 3.30. The molecule has 2 heterocycles. The van der Waals surface area contributed by atoms with Crippen LogP contribution in [0.25, 0.3) is 11.1 Å². The summed E-state index contributed by atoms with van der Waals surface area (Å²) in [5, 5.41) is 32.8. The van der Waals surface area contributed by atoms with E-state index in [-0.39, 0.29) is 52.6 Å². The van der Waals surface area contributed by atoms with Crippen LogP contribution in [0, 0.1) is 13.8 Å². The zero-order valence-corrected chi connectivity index (χ0v) is 38.1. The second-order valence-corrected chi connectivity index (χ2v) is 15.9. The summed E-state index contributed by atoms with van der Waals surface area (Å²) in [4.78, 5) is 28.5. The first-order valence-electron chi connectivity index (χ1n) is 20.7. The van der Waals surface area contributed by atoms with Gasteiger partial charge in [-0.3, -0.25) is 24.7 Å². The molecule has 4 aromatic carbocycles. The Labute approximate surface area is 388 Å². The summed E-state index contributed by atoms with van der Waals surface area (Å²) < 4.78 is 25.1. The fraction of sp³-hybridized carbons (Fsp3) is 0.260. The van der Waals surface area contributed by atoms with E-state index in [1.807, 2.05) is 43.3 Å². The number of aromatic nitrogens is 2. The van der Waals surface area contributed by atoms with Crippen molar-refractivity contribution < 1.29 is 39.1 Å². The number of hydrogen-bond acceptors (Lipinski definition) is 12. The van der Waals surface area contributed by atoms with Gasteiger partial charge in [0.1, 0.15) is 55.5 Å². The predicted molar refractivity (Wildman–Crippen MR) is 253 cm³/mol. The van der Waals surface area contributed by atoms with Gasteiger partial charge in [-0.25, -0.2) is 0 Å². The van der Waals surface area contributed by atoms with Crippen molar-refractivity contribution >= 4 is 41.6 Å². The Bertz CT molecular complexity index is 2660. The SMILES string of the molecule is C/N=C/c1cncc(COc2cc(OCc3cccc(-c4cccc(COc5cc(OCc6cncc(/C=N/C)c6)c(CN[C@@H](CCO)C(=O)O)cc5Cl)c4C)c3C)c(Cl)cc2CO)c1. The van der Waals surface area contributed by atoms with Crippen LogP contribution in [0.2, 0.25) is 10.0 Å². The normalized spacial score (nSPS) is 11.9. The van der Waals surface area contributed by atoms with Crippen molar-refractivity contribution in [3.63, 3.8) is 0 Å². The molecule has 0 spiro atoms. The minimum absolute atomic E-state index is 0.0333. The minimum Gasteiger partial charge on any atom is -0.488 e. The molecule has 0 saturated carbocycles. The molecule has 0 radical (unpaired) electrons. The third kappa shape index (κ3) is 12.9. The van der Waals surface area contributed by atoms with Crippen molar-refractivity contribution in [2.75, 3.05) is 20.7 Å². The smallest absolute Gasteiger partial charge is 0.320 e. The van der Waals surface area contributed by atoms with Gasteiger partial charge in [0.15, 0.2) is 0 Å². The van der Waals surface area contributed by atoms with Crippen molar-refractivity contribution in [3.8, 4) is 34.1 Å². The molecule has 0 bridgehead atoms. The third-order valence-electron chi connectivity index (χ3n) is 10.6. The van der Waals surface area contributed by atoms with Crippen LogP contribution in [0.15, 0.2) is 108 Å². The van der Waals surface area contributed by atoms with Gasteiger partial charge in [-0.1, -0.05) is 59.6 Å². The van der Waals surface area contributed by atoms with Gasteiger partial charge in [0, 0.05) is 110 Å². The standard InChI is InChI=1S/C50H51Cl2N5O8/c1-31-37(29-64-48-17-46(62-27-35-13-33(19-53-3)21-55-23-35)39(15-43(48)51)25-57-45(11-12-58)50(60)61)7-5-9-41(31)42-10-6-8-38(32(42)2)30-65-49-18-47(40(26-59)16-44(49)52)63-28-36-14-34(20-54-4)22-56-24-36/h5-10,13-24,45,57-59H,11-12,25-30H2,1-4H3,(H,60,61)/b53-19+,54-20+/t45-/m0/s1. The lowest BCUT2D eigenvalue weighted by molar-refractivity contribution is -0.140. The fourth-order valence-corrected chi connectivity index (χ4v) is 7.57. The number of nitrogens with one attached hydrogen (secondary N) is 1. The summed E-state index contributed by atoms with van der Waals surface area (Å²) in [5.74, 6) is 0.610. The lowest BCUT2D eigenvalue weighted by atomic mass is 9.92. The predicted octanol–water partition coefficient (Wildman–Crippen LogP) is 8.90. The molecule has 4 N–H and O–H groups in total. The van der Waals surface area contributed by atoms with Crippen LogP contribution >= 0.6 is 23.2 Å². The van der Waals surface area contributed by atoms with Crippen molar-refractivity contribution in [3.05, 3.63) is 163 Å². The van der Waals surface area contributed by atoms with E-state index in [1.54, 1.807) is 75.6 Å². The number of carboxylic acid groups (broad SMARTS) is 1. The number of rotatable bonds is 22. The third-order valence-corrected chi connectivity index (χ3v) is 11.2. The first kappa shape index (κ1) is 48.1. The van der Waals surface area contributed by atoms with Gasteiger partial charge in [0.2, 0.25) is 0 Å². The van der Waals surface area contributed by atoms with Crippen molar-refractivity contribution in [1.82, 2.24) is 15.3 Å². The van der Waals surface area contributed by atoms with Crippen molar-refractivity contribution in [1.29, 1.82) is 0 Å². The highest BCUT2D eigenvalue weighted by atomic mass is 35.5. The van der Waals surface area contributed by atoms with Gasteiger partial charge in [-0.15, -0.1) is 0 Å². The van der Waals surface area contributed by atoms with Gasteiger partial charge < -0.3 is 39.6 Å².